The lowest BCUT2D eigenvalue weighted by Crippen LogP contribution is -2.44. The molecule has 5 heteroatoms. The molecule has 144 valence electrons. The molecule has 4 nitrogen and oxygen atoms in total. The van der Waals surface area contributed by atoms with Crippen LogP contribution in [0.1, 0.15) is 31.5 Å². The summed E-state index contributed by atoms with van der Waals surface area (Å²) in [5.74, 6) is -0.239. The van der Waals surface area contributed by atoms with Gasteiger partial charge in [0, 0.05) is 42.9 Å². The van der Waals surface area contributed by atoms with Crippen LogP contribution in [0, 0.1) is 5.82 Å². The number of hydrogen-bond acceptors (Lipinski definition) is 2. The van der Waals surface area contributed by atoms with Crippen molar-refractivity contribution in [2.24, 2.45) is 0 Å². The molecule has 2 amide bonds. The van der Waals surface area contributed by atoms with Crippen LogP contribution in [0.25, 0.3) is 16.7 Å². The molecule has 0 radical (unpaired) electrons. The van der Waals surface area contributed by atoms with E-state index in [1.165, 1.54) is 23.3 Å². The summed E-state index contributed by atoms with van der Waals surface area (Å²) in [7, 11) is 0. The minimum atomic E-state index is -0.239. The molecule has 28 heavy (non-hydrogen) atoms. The molecule has 0 saturated carbocycles. The third-order valence-corrected chi connectivity index (χ3v) is 5.19. The highest BCUT2D eigenvalue weighted by Gasteiger charge is 2.24. The Balaban J connectivity index is 1.55. The first-order valence-electron chi connectivity index (χ1n) is 9.71. The smallest absolute Gasteiger partial charge is 0.317 e. The van der Waals surface area contributed by atoms with E-state index in [1.54, 1.807) is 12.1 Å². The van der Waals surface area contributed by atoms with Gasteiger partial charge in [0.2, 0.25) is 0 Å². The van der Waals surface area contributed by atoms with Gasteiger partial charge < -0.3 is 10.2 Å². The second kappa shape index (κ2) is 7.58. The van der Waals surface area contributed by atoms with E-state index >= 15 is 0 Å². The van der Waals surface area contributed by atoms with Gasteiger partial charge in [-0.05, 0) is 55.2 Å². The van der Waals surface area contributed by atoms with Crippen LogP contribution in [0.15, 0.2) is 54.3 Å². The van der Waals surface area contributed by atoms with Gasteiger partial charge in [0.25, 0.3) is 0 Å². The van der Waals surface area contributed by atoms with Gasteiger partial charge in [-0.2, -0.15) is 0 Å². The van der Waals surface area contributed by atoms with Crippen LogP contribution >= 0.6 is 0 Å². The Kier molecular flexibility index (Phi) is 4.99. The van der Waals surface area contributed by atoms with E-state index in [1.807, 2.05) is 24.9 Å². The molecule has 0 bridgehead atoms. The van der Waals surface area contributed by atoms with Crippen molar-refractivity contribution in [2.75, 3.05) is 13.1 Å². The van der Waals surface area contributed by atoms with Gasteiger partial charge >= 0.3 is 6.03 Å². The predicted octanol–water partition coefficient (Wildman–Crippen LogP) is 4.58. The SMILES string of the molecule is CC(C)NC(=O)N1CC=C(C2=CCc3ncc(-c4ccc(F)cc4)cc32)CC1. The lowest BCUT2D eigenvalue weighted by molar-refractivity contribution is 0.199. The third kappa shape index (κ3) is 3.70. The van der Waals surface area contributed by atoms with Crippen molar-refractivity contribution in [3.8, 4) is 11.1 Å². The van der Waals surface area contributed by atoms with Gasteiger partial charge in [-0.25, -0.2) is 9.18 Å². The number of urea groups is 1. The van der Waals surface area contributed by atoms with Gasteiger partial charge in [0.05, 0.1) is 5.69 Å². The van der Waals surface area contributed by atoms with Crippen LogP contribution in [-0.2, 0) is 6.42 Å². The zero-order chi connectivity index (χ0) is 19.7. The van der Waals surface area contributed by atoms with Gasteiger partial charge in [0.1, 0.15) is 5.82 Å². The highest BCUT2D eigenvalue weighted by molar-refractivity contribution is 5.86. The number of amides is 2. The minimum Gasteiger partial charge on any atom is -0.336 e. The van der Waals surface area contributed by atoms with E-state index in [0.717, 1.165) is 35.2 Å². The molecule has 0 fully saturated rings. The molecule has 0 atom stereocenters. The molecule has 1 aliphatic heterocycles. The van der Waals surface area contributed by atoms with E-state index in [0.29, 0.717) is 13.1 Å². The van der Waals surface area contributed by atoms with Crippen molar-refractivity contribution >= 4 is 11.6 Å². The lowest BCUT2D eigenvalue weighted by atomic mass is 9.94. The number of hydrogen-bond donors (Lipinski definition) is 1. The molecular weight excluding hydrogens is 353 g/mol. The second-order valence-corrected chi connectivity index (χ2v) is 7.58. The zero-order valence-electron chi connectivity index (χ0n) is 16.2. The van der Waals surface area contributed by atoms with E-state index in [4.69, 9.17) is 0 Å². The number of carbonyl (C=O) groups excluding carboxylic acids is 1. The number of rotatable bonds is 3. The number of nitrogens with one attached hydrogen (secondary N) is 1. The minimum absolute atomic E-state index is 0.00800. The van der Waals surface area contributed by atoms with E-state index in [-0.39, 0.29) is 17.9 Å². The molecule has 1 aromatic heterocycles. The monoisotopic (exact) mass is 377 g/mol. The van der Waals surface area contributed by atoms with Crippen molar-refractivity contribution in [3.05, 3.63) is 71.3 Å². The van der Waals surface area contributed by atoms with E-state index in [9.17, 15) is 9.18 Å². The second-order valence-electron chi connectivity index (χ2n) is 7.58. The van der Waals surface area contributed by atoms with Crippen LogP contribution in [0.2, 0.25) is 0 Å². The average molecular weight is 377 g/mol. The zero-order valence-corrected chi connectivity index (χ0v) is 16.2. The summed E-state index contributed by atoms with van der Waals surface area (Å²) >= 11 is 0. The van der Waals surface area contributed by atoms with Gasteiger partial charge in [0.15, 0.2) is 0 Å². The summed E-state index contributed by atoms with van der Waals surface area (Å²) in [6, 6.07) is 8.78. The maximum absolute atomic E-state index is 13.2. The molecule has 1 aliphatic carbocycles. The summed E-state index contributed by atoms with van der Waals surface area (Å²) in [6.45, 7) is 5.26. The van der Waals surface area contributed by atoms with Crippen LogP contribution in [0.4, 0.5) is 9.18 Å². The van der Waals surface area contributed by atoms with Crippen LogP contribution in [0.3, 0.4) is 0 Å². The van der Waals surface area contributed by atoms with Crippen LogP contribution < -0.4 is 5.32 Å². The Morgan fingerprint density at radius 2 is 1.96 bits per heavy atom. The standard InChI is InChI=1S/C23H24FN3O/c1-15(2)26-23(28)27-11-9-17(10-12-27)20-7-8-22-21(20)13-18(14-25-22)16-3-5-19(24)6-4-16/h3-7,9,13-15H,8,10-12H2,1-2H3,(H,26,28). The molecule has 2 heterocycles. The number of carbonyl (C=O) groups is 1. The van der Waals surface area contributed by atoms with Gasteiger partial charge in [-0.15, -0.1) is 0 Å². The molecule has 4 rings (SSSR count). The fraction of sp³-hybridized carbons (Fsp3) is 0.304. The van der Waals surface area contributed by atoms with Crippen molar-refractivity contribution in [3.63, 3.8) is 0 Å². The Morgan fingerprint density at radius 3 is 2.64 bits per heavy atom. The summed E-state index contributed by atoms with van der Waals surface area (Å²) in [4.78, 5) is 18.7. The number of allylic oxidation sites excluding steroid dienone is 2. The maximum Gasteiger partial charge on any atom is 0.317 e. The number of nitrogens with zero attached hydrogens (tertiary/aromatic N) is 2. The van der Waals surface area contributed by atoms with Gasteiger partial charge in [-0.1, -0.05) is 24.3 Å². The summed E-state index contributed by atoms with van der Waals surface area (Å²) in [5, 5.41) is 2.95. The number of halogens is 1. The van der Waals surface area contributed by atoms with Gasteiger partial charge in [-0.3, -0.25) is 4.98 Å². The Bertz CT molecular complexity index is 960. The molecule has 0 unspecified atom stereocenters. The number of aromatic nitrogens is 1. The molecule has 0 spiro atoms. The highest BCUT2D eigenvalue weighted by Crippen LogP contribution is 2.36. The fourth-order valence-electron chi connectivity index (χ4n) is 3.74. The molecule has 2 aromatic rings. The summed E-state index contributed by atoms with van der Waals surface area (Å²) < 4.78 is 13.2. The fourth-order valence-corrected chi connectivity index (χ4v) is 3.74. The molecule has 2 aliphatic rings. The van der Waals surface area contributed by atoms with Crippen molar-refractivity contribution in [1.82, 2.24) is 15.2 Å². The average Bonchev–Trinajstić information content (AvgIpc) is 3.11. The molecule has 1 N–H and O–H groups in total. The topological polar surface area (TPSA) is 45.2 Å². The third-order valence-electron chi connectivity index (χ3n) is 5.19. The molecular formula is C23H24FN3O. The predicted molar refractivity (Wildman–Crippen MR) is 109 cm³/mol. The van der Waals surface area contributed by atoms with Crippen LogP contribution in [-0.4, -0.2) is 35.0 Å². The molecule has 1 aromatic carbocycles. The van der Waals surface area contributed by atoms with Crippen molar-refractivity contribution in [1.29, 1.82) is 0 Å². The normalized spacial score (nSPS) is 15.9. The lowest BCUT2D eigenvalue weighted by Gasteiger charge is -2.28. The highest BCUT2D eigenvalue weighted by atomic mass is 19.1. The van der Waals surface area contributed by atoms with Crippen molar-refractivity contribution in [2.45, 2.75) is 32.7 Å². The number of pyridine rings is 1. The Morgan fingerprint density at radius 1 is 1.18 bits per heavy atom. The van der Waals surface area contributed by atoms with Crippen LogP contribution in [0.5, 0.6) is 0 Å². The summed E-state index contributed by atoms with van der Waals surface area (Å²) in [6.07, 6.45) is 7.88. The van der Waals surface area contributed by atoms with E-state index < -0.39 is 0 Å². The largest absolute Gasteiger partial charge is 0.336 e. The summed E-state index contributed by atoms with van der Waals surface area (Å²) in [5.41, 5.74) is 6.65. The van der Waals surface area contributed by atoms with Crippen molar-refractivity contribution < 1.29 is 9.18 Å². The van der Waals surface area contributed by atoms with E-state index in [2.05, 4.69) is 28.5 Å². The quantitative estimate of drug-likeness (QED) is 0.851. The first-order chi connectivity index (χ1) is 13.5. The maximum atomic E-state index is 13.2. The number of fused-ring (bicyclic) bond motifs is 1. The Labute approximate surface area is 164 Å². The first kappa shape index (κ1) is 18.4. The molecule has 0 saturated heterocycles. The first-order valence-corrected chi connectivity index (χ1v) is 9.71. The Hall–Kier alpha value is -2.95. The number of benzene rings is 1.